The van der Waals surface area contributed by atoms with Gasteiger partial charge in [0.05, 0.1) is 19.6 Å². The molecule has 1 rings (SSSR count). The number of carbonyl (C=O) groups excluding carboxylic acids is 1. The molecule has 4 nitrogen and oxygen atoms in total. The Hall–Kier alpha value is -1.55. The van der Waals surface area contributed by atoms with E-state index in [0.29, 0.717) is 17.9 Å². The molecule has 0 aliphatic rings. The first-order valence-electron chi connectivity index (χ1n) is 6.55. The molecule has 0 unspecified atom stereocenters. The summed E-state index contributed by atoms with van der Waals surface area (Å²) >= 11 is 0. The van der Waals surface area contributed by atoms with Crippen molar-refractivity contribution in [3.05, 3.63) is 29.8 Å². The van der Waals surface area contributed by atoms with Crippen LogP contribution in [0.15, 0.2) is 24.3 Å². The van der Waals surface area contributed by atoms with Crippen LogP contribution >= 0.6 is 0 Å². The summed E-state index contributed by atoms with van der Waals surface area (Å²) in [5.74, 6) is -0.0344. The fourth-order valence-electron chi connectivity index (χ4n) is 1.98. The summed E-state index contributed by atoms with van der Waals surface area (Å²) < 4.78 is 0.903. The molecule has 3 N–H and O–H groups in total. The van der Waals surface area contributed by atoms with Gasteiger partial charge in [0, 0.05) is 11.3 Å². The minimum Gasteiger partial charge on any atom is -0.399 e. The minimum absolute atomic E-state index is 0.0344. The van der Waals surface area contributed by atoms with E-state index in [0.717, 1.165) is 24.1 Å². The third-order valence-electron chi connectivity index (χ3n) is 3.76. The molecule has 18 heavy (non-hydrogen) atoms. The predicted octanol–water partition coefficient (Wildman–Crippen LogP) is 1.83. The quantitative estimate of drug-likeness (QED) is 0.460. The number of benzene rings is 1. The van der Waals surface area contributed by atoms with E-state index in [9.17, 15) is 4.79 Å². The van der Waals surface area contributed by atoms with Crippen molar-refractivity contribution in [2.45, 2.75) is 20.8 Å². The van der Waals surface area contributed by atoms with Gasteiger partial charge in [-0.1, -0.05) is 0 Å². The predicted molar refractivity (Wildman–Crippen MR) is 75.1 cm³/mol. The van der Waals surface area contributed by atoms with Gasteiger partial charge < -0.3 is 15.5 Å². The second kappa shape index (κ2) is 6.40. The van der Waals surface area contributed by atoms with Gasteiger partial charge >= 0.3 is 0 Å². The Balaban J connectivity index is 2.63. The number of quaternary nitrogens is 1. The van der Waals surface area contributed by atoms with Crippen LogP contribution in [0.1, 0.15) is 31.1 Å². The van der Waals surface area contributed by atoms with Crippen molar-refractivity contribution in [3.8, 4) is 0 Å². The molecule has 4 heteroatoms. The minimum atomic E-state index is -0.0344. The molecule has 0 aliphatic heterocycles. The standard InChI is InChI=1S/C14H23N3O/c1-4-17(5-2,6-3)11-16-14(18)12-7-9-13(15)10-8-12/h7-10H,4-6,11H2,1-3H3,(H2-,15,16,18)/p+1. The highest BCUT2D eigenvalue weighted by atomic mass is 16.1. The van der Waals surface area contributed by atoms with Crippen LogP contribution in [0.4, 0.5) is 5.69 Å². The summed E-state index contributed by atoms with van der Waals surface area (Å²) in [6.45, 7) is 10.2. The lowest BCUT2D eigenvalue weighted by Crippen LogP contribution is -2.54. The summed E-state index contributed by atoms with van der Waals surface area (Å²) in [6.07, 6.45) is 0. The van der Waals surface area contributed by atoms with Gasteiger partial charge in [0.1, 0.15) is 0 Å². The van der Waals surface area contributed by atoms with Gasteiger partial charge in [0.25, 0.3) is 5.91 Å². The van der Waals surface area contributed by atoms with Crippen LogP contribution in [0.2, 0.25) is 0 Å². The number of nitrogens with zero attached hydrogens (tertiary/aromatic N) is 1. The highest BCUT2D eigenvalue weighted by Gasteiger charge is 2.21. The van der Waals surface area contributed by atoms with Gasteiger partial charge in [-0.2, -0.15) is 0 Å². The van der Waals surface area contributed by atoms with Crippen molar-refractivity contribution < 1.29 is 9.28 Å². The molecule has 1 aromatic carbocycles. The van der Waals surface area contributed by atoms with Gasteiger partial charge in [-0.15, -0.1) is 0 Å². The van der Waals surface area contributed by atoms with E-state index in [1.54, 1.807) is 24.3 Å². The molecule has 0 atom stereocenters. The topological polar surface area (TPSA) is 55.1 Å². The van der Waals surface area contributed by atoms with Crippen LogP contribution in [0, 0.1) is 0 Å². The molecule has 0 aromatic heterocycles. The average molecular weight is 250 g/mol. The summed E-state index contributed by atoms with van der Waals surface area (Å²) in [6, 6.07) is 7.00. The summed E-state index contributed by atoms with van der Waals surface area (Å²) in [5, 5.41) is 3.00. The van der Waals surface area contributed by atoms with Gasteiger partial charge in [-0.25, -0.2) is 0 Å². The van der Waals surface area contributed by atoms with Gasteiger partial charge in [-0.05, 0) is 45.0 Å². The highest BCUT2D eigenvalue weighted by molar-refractivity contribution is 5.94. The number of nitrogens with two attached hydrogens (primary N) is 1. The van der Waals surface area contributed by atoms with Gasteiger partial charge in [0.2, 0.25) is 0 Å². The molecule has 0 aliphatic carbocycles. The maximum absolute atomic E-state index is 12.0. The molecule has 0 fully saturated rings. The Morgan fingerprint density at radius 3 is 2.06 bits per heavy atom. The Labute approximate surface area is 109 Å². The number of carbonyl (C=O) groups is 1. The fourth-order valence-corrected chi connectivity index (χ4v) is 1.98. The van der Waals surface area contributed by atoms with Crippen LogP contribution < -0.4 is 11.1 Å². The molecule has 0 spiro atoms. The average Bonchev–Trinajstić information content (AvgIpc) is 2.41. The summed E-state index contributed by atoms with van der Waals surface area (Å²) in [7, 11) is 0. The van der Waals surface area contributed by atoms with Crippen molar-refractivity contribution in [3.63, 3.8) is 0 Å². The molecule has 0 heterocycles. The smallest absolute Gasteiger partial charge is 0.255 e. The van der Waals surface area contributed by atoms with Crippen LogP contribution in [0.25, 0.3) is 0 Å². The number of nitrogen functional groups attached to an aromatic ring is 1. The van der Waals surface area contributed by atoms with Crippen molar-refractivity contribution in [1.29, 1.82) is 0 Å². The zero-order chi connectivity index (χ0) is 13.6. The molecule has 0 saturated carbocycles. The van der Waals surface area contributed by atoms with Crippen molar-refractivity contribution in [1.82, 2.24) is 5.32 Å². The second-order valence-electron chi connectivity index (χ2n) is 4.58. The zero-order valence-corrected chi connectivity index (χ0v) is 11.6. The first kappa shape index (κ1) is 14.5. The lowest BCUT2D eigenvalue weighted by atomic mass is 10.2. The van der Waals surface area contributed by atoms with E-state index < -0.39 is 0 Å². The van der Waals surface area contributed by atoms with Crippen molar-refractivity contribution >= 4 is 11.6 Å². The number of amides is 1. The Bertz CT molecular complexity index is 374. The summed E-state index contributed by atoms with van der Waals surface area (Å²) in [5.41, 5.74) is 6.93. The molecule has 1 amide bonds. The first-order valence-corrected chi connectivity index (χ1v) is 6.55. The number of nitrogens with one attached hydrogen (secondary N) is 1. The van der Waals surface area contributed by atoms with Crippen LogP contribution in [0.3, 0.4) is 0 Å². The van der Waals surface area contributed by atoms with E-state index in [1.165, 1.54) is 0 Å². The maximum Gasteiger partial charge on any atom is 0.255 e. The number of anilines is 1. The number of hydrogen-bond acceptors (Lipinski definition) is 2. The Morgan fingerprint density at radius 2 is 1.61 bits per heavy atom. The van der Waals surface area contributed by atoms with Gasteiger partial charge in [0.15, 0.2) is 6.67 Å². The van der Waals surface area contributed by atoms with Gasteiger partial charge in [-0.3, -0.25) is 4.79 Å². The van der Waals surface area contributed by atoms with Crippen LogP contribution in [-0.2, 0) is 0 Å². The lowest BCUT2D eigenvalue weighted by Gasteiger charge is -2.35. The first-order chi connectivity index (χ1) is 8.56. The molecular weight excluding hydrogens is 226 g/mol. The van der Waals surface area contributed by atoms with E-state index in [-0.39, 0.29) is 5.91 Å². The SMILES string of the molecule is CC[N+](CC)(CC)CNC(=O)c1ccc(N)cc1. The molecule has 0 saturated heterocycles. The third-order valence-corrected chi connectivity index (χ3v) is 3.76. The molecule has 100 valence electrons. The molecule has 0 radical (unpaired) electrons. The maximum atomic E-state index is 12.0. The molecular formula is C14H24N3O+. The second-order valence-corrected chi connectivity index (χ2v) is 4.58. The monoisotopic (exact) mass is 250 g/mol. The normalized spacial score (nSPS) is 11.3. The Morgan fingerprint density at radius 1 is 1.11 bits per heavy atom. The molecule has 0 bridgehead atoms. The lowest BCUT2D eigenvalue weighted by molar-refractivity contribution is -0.924. The van der Waals surface area contributed by atoms with Crippen molar-refractivity contribution in [2.24, 2.45) is 0 Å². The van der Waals surface area contributed by atoms with Crippen molar-refractivity contribution in [2.75, 3.05) is 32.0 Å². The van der Waals surface area contributed by atoms with Crippen LogP contribution in [0.5, 0.6) is 0 Å². The van der Waals surface area contributed by atoms with E-state index >= 15 is 0 Å². The fraction of sp³-hybridized carbons (Fsp3) is 0.500. The Kier molecular flexibility index (Phi) is 5.16. The zero-order valence-electron chi connectivity index (χ0n) is 11.6. The summed E-state index contributed by atoms with van der Waals surface area (Å²) in [4.78, 5) is 12.0. The largest absolute Gasteiger partial charge is 0.399 e. The highest BCUT2D eigenvalue weighted by Crippen LogP contribution is 2.07. The third kappa shape index (κ3) is 3.47. The molecule has 1 aromatic rings. The van der Waals surface area contributed by atoms with E-state index in [4.69, 9.17) is 5.73 Å². The van der Waals surface area contributed by atoms with E-state index in [1.807, 2.05) is 0 Å². The van der Waals surface area contributed by atoms with Crippen LogP contribution in [-0.4, -0.2) is 36.7 Å². The number of hydrogen-bond donors (Lipinski definition) is 2. The van der Waals surface area contributed by atoms with E-state index in [2.05, 4.69) is 26.1 Å². The number of rotatable bonds is 6.